The summed E-state index contributed by atoms with van der Waals surface area (Å²) in [4.78, 5) is 24.2. The van der Waals surface area contributed by atoms with E-state index in [1.165, 1.54) is 13.0 Å². The van der Waals surface area contributed by atoms with Crippen LogP contribution in [0, 0.1) is 5.41 Å². The highest BCUT2D eigenvalue weighted by Gasteiger charge is 2.36. The van der Waals surface area contributed by atoms with Crippen LogP contribution in [-0.2, 0) is 6.42 Å². The fourth-order valence-corrected chi connectivity index (χ4v) is 3.82. The Morgan fingerprint density at radius 2 is 2.00 bits per heavy atom. The van der Waals surface area contributed by atoms with Gasteiger partial charge in [0.15, 0.2) is 5.78 Å². The molecule has 1 aliphatic carbocycles. The van der Waals surface area contributed by atoms with Gasteiger partial charge in [-0.25, -0.2) is 4.68 Å². The van der Waals surface area contributed by atoms with Crippen molar-refractivity contribution in [1.82, 2.24) is 25.3 Å². The number of ketones is 1. The Balaban J connectivity index is 1.65. The van der Waals surface area contributed by atoms with Crippen molar-refractivity contribution in [3.8, 4) is 5.69 Å². The van der Waals surface area contributed by atoms with Gasteiger partial charge in [-0.1, -0.05) is 32.0 Å². The van der Waals surface area contributed by atoms with Gasteiger partial charge in [-0.2, -0.15) is 10.2 Å². The molecule has 0 aliphatic heterocycles. The van der Waals surface area contributed by atoms with E-state index in [1.807, 2.05) is 41.2 Å². The summed E-state index contributed by atoms with van der Waals surface area (Å²) in [6, 6.07) is 11.3. The summed E-state index contributed by atoms with van der Waals surface area (Å²) in [5.74, 6) is -0.457. The average Bonchev–Trinajstić information content (AvgIpc) is 3.29. The molecule has 4 rings (SSSR count). The lowest BCUT2D eigenvalue weighted by atomic mass is 9.74. The minimum atomic E-state index is -0.277. The van der Waals surface area contributed by atoms with Gasteiger partial charge in [-0.3, -0.25) is 14.7 Å². The quantitative estimate of drug-likeness (QED) is 0.683. The van der Waals surface area contributed by atoms with Crippen molar-refractivity contribution in [2.45, 2.75) is 39.7 Å². The molecule has 7 heteroatoms. The highest BCUT2D eigenvalue weighted by molar-refractivity contribution is 5.97. The molecule has 1 aliphatic rings. The summed E-state index contributed by atoms with van der Waals surface area (Å²) in [5.41, 5.74) is 3.70. The number of benzene rings is 1. The molecule has 0 bridgehead atoms. The van der Waals surface area contributed by atoms with Gasteiger partial charge in [0.25, 0.3) is 5.91 Å². The van der Waals surface area contributed by atoms with E-state index in [0.717, 1.165) is 29.8 Å². The van der Waals surface area contributed by atoms with Gasteiger partial charge in [0.05, 0.1) is 23.6 Å². The molecule has 0 saturated carbocycles. The van der Waals surface area contributed by atoms with E-state index in [4.69, 9.17) is 0 Å². The van der Waals surface area contributed by atoms with Crippen molar-refractivity contribution in [2.24, 2.45) is 5.41 Å². The fraction of sp³-hybridized carbons (Fsp3) is 0.333. The number of rotatable bonds is 4. The molecule has 2 heterocycles. The molecule has 1 amide bonds. The van der Waals surface area contributed by atoms with Crippen molar-refractivity contribution in [1.29, 1.82) is 0 Å². The number of H-pyrrole nitrogens is 1. The zero-order valence-corrected chi connectivity index (χ0v) is 16.2. The monoisotopic (exact) mass is 377 g/mol. The summed E-state index contributed by atoms with van der Waals surface area (Å²) in [5, 5.41) is 14.2. The molecule has 0 unspecified atom stereocenters. The molecule has 3 aromatic rings. The van der Waals surface area contributed by atoms with Gasteiger partial charge >= 0.3 is 0 Å². The van der Waals surface area contributed by atoms with Gasteiger partial charge in [-0.15, -0.1) is 0 Å². The number of amides is 1. The van der Waals surface area contributed by atoms with Gasteiger partial charge < -0.3 is 5.32 Å². The molecular formula is C21H23N5O2. The molecule has 28 heavy (non-hydrogen) atoms. The maximum Gasteiger partial charge on any atom is 0.269 e. The van der Waals surface area contributed by atoms with Crippen LogP contribution >= 0.6 is 0 Å². The molecule has 0 radical (unpaired) electrons. The first kappa shape index (κ1) is 18.2. The van der Waals surface area contributed by atoms with Crippen molar-refractivity contribution in [3.63, 3.8) is 0 Å². The lowest BCUT2D eigenvalue weighted by Gasteiger charge is -2.35. The zero-order chi connectivity index (χ0) is 19.9. The third-order valence-corrected chi connectivity index (χ3v) is 5.17. The smallest absolute Gasteiger partial charge is 0.269 e. The Hall–Kier alpha value is -3.22. The van der Waals surface area contributed by atoms with Crippen molar-refractivity contribution in [2.75, 3.05) is 0 Å². The number of hydrogen-bond donors (Lipinski definition) is 2. The topological polar surface area (TPSA) is 92.7 Å². The number of Topliss-reactive ketones (excluding diaryl/α,β-unsaturated/α-hetero) is 1. The summed E-state index contributed by atoms with van der Waals surface area (Å²) in [7, 11) is 0. The second-order valence-electron chi connectivity index (χ2n) is 8.09. The van der Waals surface area contributed by atoms with Crippen LogP contribution in [0.15, 0.2) is 42.6 Å². The lowest BCUT2D eigenvalue weighted by molar-refractivity contribution is 0.0913. The van der Waals surface area contributed by atoms with Crippen LogP contribution in [0.5, 0.6) is 0 Å². The number of para-hydroxylation sites is 1. The normalized spacial score (nSPS) is 17.8. The van der Waals surface area contributed by atoms with Gasteiger partial charge in [-0.05, 0) is 36.5 Å². The molecule has 2 N–H and O–H groups in total. The predicted molar refractivity (Wildman–Crippen MR) is 104 cm³/mol. The number of nitrogens with one attached hydrogen (secondary N) is 2. The number of nitrogens with zero attached hydrogens (tertiary/aromatic N) is 3. The van der Waals surface area contributed by atoms with Crippen LogP contribution in [0.25, 0.3) is 5.69 Å². The van der Waals surface area contributed by atoms with Crippen molar-refractivity contribution >= 4 is 11.7 Å². The van der Waals surface area contributed by atoms with Gasteiger partial charge in [0, 0.05) is 12.5 Å². The number of hydrogen-bond acceptors (Lipinski definition) is 4. The van der Waals surface area contributed by atoms with Crippen LogP contribution in [0.4, 0.5) is 0 Å². The summed E-state index contributed by atoms with van der Waals surface area (Å²) >= 11 is 0. The number of carbonyl (C=O) groups excluding carboxylic acids is 2. The Morgan fingerprint density at radius 3 is 2.68 bits per heavy atom. The highest BCUT2D eigenvalue weighted by Crippen LogP contribution is 2.41. The first-order chi connectivity index (χ1) is 13.3. The molecule has 1 aromatic carbocycles. The lowest BCUT2D eigenvalue weighted by Crippen LogP contribution is -2.37. The third-order valence-electron chi connectivity index (χ3n) is 5.17. The SMILES string of the molecule is CC(=O)c1cc(C(=O)N[C@H]2CC(C)(C)Cc3c2cnn3-c2ccccc2)[nH]n1. The second-order valence-corrected chi connectivity index (χ2v) is 8.09. The van der Waals surface area contributed by atoms with E-state index in [9.17, 15) is 9.59 Å². The molecular weight excluding hydrogens is 354 g/mol. The van der Waals surface area contributed by atoms with Crippen molar-refractivity contribution in [3.05, 3.63) is 65.2 Å². The molecule has 1 atom stereocenters. The zero-order valence-electron chi connectivity index (χ0n) is 16.2. The Bertz CT molecular complexity index is 1030. The maximum absolute atomic E-state index is 12.7. The number of fused-ring (bicyclic) bond motifs is 1. The minimum Gasteiger partial charge on any atom is -0.344 e. The number of carbonyl (C=O) groups is 2. The van der Waals surface area contributed by atoms with Gasteiger partial charge in [0.1, 0.15) is 11.4 Å². The van der Waals surface area contributed by atoms with E-state index >= 15 is 0 Å². The third kappa shape index (κ3) is 3.35. The Labute approximate surface area is 163 Å². The Kier molecular flexibility index (Phi) is 4.37. The van der Waals surface area contributed by atoms with E-state index in [1.54, 1.807) is 0 Å². The first-order valence-electron chi connectivity index (χ1n) is 9.33. The fourth-order valence-electron chi connectivity index (χ4n) is 3.82. The van der Waals surface area contributed by atoms with Crippen LogP contribution in [0.2, 0.25) is 0 Å². The second kappa shape index (κ2) is 6.74. The predicted octanol–water partition coefficient (Wildman–Crippen LogP) is 3.24. The first-order valence-corrected chi connectivity index (χ1v) is 9.33. The number of aromatic amines is 1. The minimum absolute atomic E-state index is 0.00996. The van der Waals surface area contributed by atoms with Gasteiger partial charge in [0.2, 0.25) is 0 Å². The van der Waals surface area contributed by atoms with Crippen LogP contribution < -0.4 is 5.32 Å². The maximum atomic E-state index is 12.7. The molecule has 0 spiro atoms. The molecule has 2 aromatic heterocycles. The van der Waals surface area contributed by atoms with Crippen LogP contribution in [0.1, 0.15) is 65.5 Å². The summed E-state index contributed by atoms with van der Waals surface area (Å²) < 4.78 is 1.96. The van der Waals surface area contributed by atoms with Crippen molar-refractivity contribution < 1.29 is 9.59 Å². The molecule has 144 valence electrons. The summed E-state index contributed by atoms with van der Waals surface area (Å²) in [6.07, 6.45) is 3.53. The summed E-state index contributed by atoms with van der Waals surface area (Å²) in [6.45, 7) is 5.81. The van der Waals surface area contributed by atoms with Crippen LogP contribution in [0.3, 0.4) is 0 Å². The van der Waals surface area contributed by atoms with E-state index in [0.29, 0.717) is 0 Å². The molecule has 0 fully saturated rings. The number of aromatic nitrogens is 4. The van der Waals surface area contributed by atoms with E-state index in [2.05, 4.69) is 34.5 Å². The largest absolute Gasteiger partial charge is 0.344 e. The van der Waals surface area contributed by atoms with E-state index in [-0.39, 0.29) is 34.5 Å². The molecule has 7 nitrogen and oxygen atoms in total. The Morgan fingerprint density at radius 1 is 1.25 bits per heavy atom. The highest BCUT2D eigenvalue weighted by atomic mass is 16.2. The van der Waals surface area contributed by atoms with E-state index < -0.39 is 0 Å². The molecule has 0 saturated heterocycles. The average molecular weight is 377 g/mol. The standard InChI is InChI=1S/C21H23N5O2/c1-13(27)16-9-17(25-24-16)20(28)23-18-10-21(2,3)11-19-15(18)12-22-26(19)14-7-5-4-6-8-14/h4-9,12,18H,10-11H2,1-3H3,(H,23,28)(H,24,25)/t18-/m0/s1. The van der Waals surface area contributed by atoms with Crippen LogP contribution in [-0.4, -0.2) is 31.7 Å².